The predicted octanol–water partition coefficient (Wildman–Crippen LogP) is 1.78. The van der Waals surface area contributed by atoms with Crippen LogP contribution in [0.3, 0.4) is 0 Å². The van der Waals surface area contributed by atoms with Crippen molar-refractivity contribution in [3.8, 4) is 0 Å². The summed E-state index contributed by atoms with van der Waals surface area (Å²) < 4.78 is 1.87. The van der Waals surface area contributed by atoms with E-state index in [2.05, 4.69) is 10.3 Å². The van der Waals surface area contributed by atoms with Crippen molar-refractivity contribution in [2.75, 3.05) is 6.54 Å². The number of aryl methyl sites for hydroxylation is 1. The number of imidazole rings is 1. The highest BCUT2D eigenvalue weighted by atomic mass is 16.1. The zero-order valence-corrected chi connectivity index (χ0v) is 9.81. The number of hydrogen-bond donors (Lipinski definition) is 1. The SMILES string of the molecule is Cc1ccn2cc(C(=O)NCC3CC3)nc2c1. The quantitative estimate of drug-likeness (QED) is 0.872. The van der Waals surface area contributed by atoms with Crippen molar-refractivity contribution in [1.29, 1.82) is 0 Å². The average Bonchev–Trinajstić information content (AvgIpc) is 3.04. The van der Waals surface area contributed by atoms with E-state index in [4.69, 9.17) is 0 Å². The van der Waals surface area contributed by atoms with Crippen molar-refractivity contribution in [3.05, 3.63) is 35.8 Å². The van der Waals surface area contributed by atoms with Gasteiger partial charge in [0.05, 0.1) is 0 Å². The van der Waals surface area contributed by atoms with Gasteiger partial charge in [-0.1, -0.05) is 0 Å². The smallest absolute Gasteiger partial charge is 0.271 e. The van der Waals surface area contributed by atoms with Gasteiger partial charge in [0.1, 0.15) is 11.3 Å². The summed E-state index contributed by atoms with van der Waals surface area (Å²) in [7, 11) is 0. The third-order valence-corrected chi connectivity index (χ3v) is 3.10. The van der Waals surface area contributed by atoms with Crippen LogP contribution in [-0.4, -0.2) is 21.8 Å². The Bertz CT molecular complexity index is 569. The monoisotopic (exact) mass is 229 g/mol. The van der Waals surface area contributed by atoms with Gasteiger partial charge >= 0.3 is 0 Å². The molecule has 3 rings (SSSR count). The number of nitrogens with zero attached hydrogens (tertiary/aromatic N) is 2. The summed E-state index contributed by atoms with van der Waals surface area (Å²) in [4.78, 5) is 16.2. The Morgan fingerprint density at radius 1 is 1.59 bits per heavy atom. The van der Waals surface area contributed by atoms with Crippen molar-refractivity contribution >= 4 is 11.6 Å². The first-order valence-corrected chi connectivity index (χ1v) is 5.96. The fourth-order valence-corrected chi connectivity index (χ4v) is 1.84. The second kappa shape index (κ2) is 3.87. The largest absolute Gasteiger partial charge is 0.350 e. The van der Waals surface area contributed by atoms with Crippen molar-refractivity contribution in [3.63, 3.8) is 0 Å². The number of fused-ring (bicyclic) bond motifs is 1. The number of nitrogens with one attached hydrogen (secondary N) is 1. The van der Waals surface area contributed by atoms with Gasteiger partial charge in [0.25, 0.3) is 5.91 Å². The van der Waals surface area contributed by atoms with E-state index in [0.29, 0.717) is 11.6 Å². The number of carbonyl (C=O) groups excluding carboxylic acids is 1. The normalized spacial score (nSPS) is 15.1. The number of pyridine rings is 1. The minimum Gasteiger partial charge on any atom is -0.350 e. The molecule has 0 atom stereocenters. The van der Waals surface area contributed by atoms with Crippen LogP contribution in [0.15, 0.2) is 24.5 Å². The van der Waals surface area contributed by atoms with Crippen molar-refractivity contribution in [2.24, 2.45) is 5.92 Å². The van der Waals surface area contributed by atoms with E-state index >= 15 is 0 Å². The molecule has 2 aromatic rings. The van der Waals surface area contributed by atoms with Gasteiger partial charge < -0.3 is 9.72 Å². The maximum atomic E-state index is 11.8. The number of amides is 1. The van der Waals surface area contributed by atoms with Gasteiger partial charge in [0, 0.05) is 18.9 Å². The molecule has 17 heavy (non-hydrogen) atoms. The van der Waals surface area contributed by atoms with Crippen LogP contribution in [0, 0.1) is 12.8 Å². The Balaban J connectivity index is 1.81. The Kier molecular flexibility index (Phi) is 2.35. The average molecular weight is 229 g/mol. The third-order valence-electron chi connectivity index (χ3n) is 3.10. The molecule has 0 bridgehead atoms. The van der Waals surface area contributed by atoms with Gasteiger partial charge in [-0.15, -0.1) is 0 Å². The van der Waals surface area contributed by atoms with Crippen molar-refractivity contribution < 1.29 is 4.79 Å². The van der Waals surface area contributed by atoms with Crippen molar-refractivity contribution in [2.45, 2.75) is 19.8 Å². The van der Waals surface area contributed by atoms with Crippen LogP contribution in [0.2, 0.25) is 0 Å². The second-order valence-electron chi connectivity index (χ2n) is 4.75. The van der Waals surface area contributed by atoms with Gasteiger partial charge in [-0.2, -0.15) is 0 Å². The zero-order chi connectivity index (χ0) is 11.8. The highest BCUT2D eigenvalue weighted by Crippen LogP contribution is 2.27. The molecule has 1 aliphatic rings. The summed E-state index contributed by atoms with van der Waals surface area (Å²) in [5.41, 5.74) is 2.46. The first-order valence-electron chi connectivity index (χ1n) is 5.96. The Labute approximate surface area is 99.7 Å². The van der Waals surface area contributed by atoms with Gasteiger partial charge in [0.15, 0.2) is 0 Å². The van der Waals surface area contributed by atoms with Gasteiger partial charge in [0.2, 0.25) is 0 Å². The fraction of sp³-hybridized carbons (Fsp3) is 0.385. The summed E-state index contributed by atoms with van der Waals surface area (Å²) >= 11 is 0. The zero-order valence-electron chi connectivity index (χ0n) is 9.81. The van der Waals surface area contributed by atoms with E-state index in [1.54, 1.807) is 6.20 Å². The summed E-state index contributed by atoms with van der Waals surface area (Å²) in [5, 5.41) is 2.92. The number of carbonyl (C=O) groups is 1. The highest BCUT2D eigenvalue weighted by molar-refractivity contribution is 5.92. The van der Waals surface area contributed by atoms with E-state index in [0.717, 1.165) is 17.8 Å². The minimum atomic E-state index is -0.0711. The molecule has 1 amide bonds. The van der Waals surface area contributed by atoms with E-state index in [1.165, 1.54) is 12.8 Å². The topological polar surface area (TPSA) is 46.4 Å². The molecule has 1 aliphatic carbocycles. The lowest BCUT2D eigenvalue weighted by atomic mass is 10.3. The maximum Gasteiger partial charge on any atom is 0.271 e. The lowest BCUT2D eigenvalue weighted by Gasteiger charge is -1.99. The van der Waals surface area contributed by atoms with Crippen LogP contribution in [0.5, 0.6) is 0 Å². The van der Waals surface area contributed by atoms with E-state index in [9.17, 15) is 4.79 Å². The molecule has 4 nitrogen and oxygen atoms in total. The summed E-state index contributed by atoms with van der Waals surface area (Å²) in [6.45, 7) is 2.80. The number of hydrogen-bond acceptors (Lipinski definition) is 2. The molecule has 0 radical (unpaired) electrons. The molecule has 0 aliphatic heterocycles. The highest BCUT2D eigenvalue weighted by Gasteiger charge is 2.22. The number of aromatic nitrogens is 2. The predicted molar refractivity (Wildman–Crippen MR) is 65.0 cm³/mol. The maximum absolute atomic E-state index is 11.8. The molecule has 0 spiro atoms. The van der Waals surface area contributed by atoms with E-state index in [1.807, 2.05) is 29.7 Å². The molecule has 0 aromatic carbocycles. The summed E-state index contributed by atoms with van der Waals surface area (Å²) in [6.07, 6.45) is 6.18. The summed E-state index contributed by atoms with van der Waals surface area (Å²) in [6, 6.07) is 3.97. The standard InChI is InChI=1S/C13H15N3O/c1-9-4-5-16-8-11(15-12(16)6-9)13(17)14-7-10-2-3-10/h4-6,8,10H,2-3,7H2,1H3,(H,14,17). The van der Waals surface area contributed by atoms with Crippen LogP contribution in [0.1, 0.15) is 28.9 Å². The Hall–Kier alpha value is -1.84. The van der Waals surface area contributed by atoms with Gasteiger partial charge in [-0.05, 0) is 43.4 Å². The first kappa shape index (κ1) is 10.3. The molecule has 0 saturated heterocycles. The fourth-order valence-electron chi connectivity index (χ4n) is 1.84. The van der Waals surface area contributed by atoms with Crippen LogP contribution < -0.4 is 5.32 Å². The molecule has 1 N–H and O–H groups in total. The molecule has 2 aromatic heterocycles. The molecular weight excluding hydrogens is 214 g/mol. The lowest BCUT2D eigenvalue weighted by Crippen LogP contribution is -2.25. The lowest BCUT2D eigenvalue weighted by molar-refractivity contribution is 0.0947. The van der Waals surface area contributed by atoms with Crippen LogP contribution in [0.25, 0.3) is 5.65 Å². The Morgan fingerprint density at radius 3 is 3.18 bits per heavy atom. The van der Waals surface area contributed by atoms with Crippen molar-refractivity contribution in [1.82, 2.24) is 14.7 Å². The first-order chi connectivity index (χ1) is 8.22. The van der Waals surface area contributed by atoms with Gasteiger partial charge in [-0.25, -0.2) is 4.98 Å². The molecule has 1 fully saturated rings. The second-order valence-corrected chi connectivity index (χ2v) is 4.75. The molecule has 4 heteroatoms. The molecule has 1 saturated carbocycles. The minimum absolute atomic E-state index is 0.0711. The van der Waals surface area contributed by atoms with E-state index < -0.39 is 0 Å². The molecule has 88 valence electrons. The Morgan fingerprint density at radius 2 is 2.41 bits per heavy atom. The van der Waals surface area contributed by atoms with Crippen LogP contribution in [0.4, 0.5) is 0 Å². The molecule has 2 heterocycles. The van der Waals surface area contributed by atoms with Crippen LogP contribution in [-0.2, 0) is 0 Å². The summed E-state index contributed by atoms with van der Waals surface area (Å²) in [5.74, 6) is 0.622. The molecule has 0 unspecified atom stereocenters. The molecular formula is C13H15N3O. The van der Waals surface area contributed by atoms with Gasteiger partial charge in [-0.3, -0.25) is 4.79 Å². The third kappa shape index (κ3) is 2.16. The number of rotatable bonds is 3. The van der Waals surface area contributed by atoms with Crippen LogP contribution >= 0.6 is 0 Å². The van der Waals surface area contributed by atoms with E-state index in [-0.39, 0.29) is 5.91 Å².